The Morgan fingerprint density at radius 1 is 1.25 bits per heavy atom. The second kappa shape index (κ2) is 7.65. The van der Waals surface area contributed by atoms with Crippen LogP contribution in [0.15, 0.2) is 24.3 Å². The minimum absolute atomic E-state index is 0.146. The highest BCUT2D eigenvalue weighted by atomic mass is 16.5. The van der Waals surface area contributed by atoms with E-state index in [1.807, 2.05) is 19.1 Å². The SMILES string of the molecule is COc1ccc(CN2CCC(CCC(C)O)CC2)cc1. The highest BCUT2D eigenvalue weighted by Gasteiger charge is 2.19. The Balaban J connectivity index is 1.73. The third-order valence-electron chi connectivity index (χ3n) is 4.27. The number of rotatable bonds is 6. The Morgan fingerprint density at radius 2 is 1.90 bits per heavy atom. The van der Waals surface area contributed by atoms with Crippen molar-refractivity contribution in [1.29, 1.82) is 0 Å². The van der Waals surface area contributed by atoms with E-state index < -0.39 is 0 Å². The normalized spacial score (nSPS) is 18.9. The first-order chi connectivity index (χ1) is 9.67. The van der Waals surface area contributed by atoms with Crippen molar-refractivity contribution in [3.8, 4) is 5.75 Å². The van der Waals surface area contributed by atoms with Gasteiger partial charge in [0.25, 0.3) is 0 Å². The van der Waals surface area contributed by atoms with Crippen LogP contribution >= 0.6 is 0 Å². The van der Waals surface area contributed by atoms with E-state index in [4.69, 9.17) is 4.74 Å². The van der Waals surface area contributed by atoms with Gasteiger partial charge in [-0.1, -0.05) is 12.1 Å². The molecule has 3 nitrogen and oxygen atoms in total. The Morgan fingerprint density at radius 3 is 2.45 bits per heavy atom. The van der Waals surface area contributed by atoms with Crippen molar-refractivity contribution in [2.75, 3.05) is 20.2 Å². The molecule has 0 radical (unpaired) electrons. The summed E-state index contributed by atoms with van der Waals surface area (Å²) in [6.07, 6.45) is 4.51. The molecule has 0 bridgehead atoms. The van der Waals surface area contributed by atoms with Crippen LogP contribution < -0.4 is 4.74 Å². The van der Waals surface area contributed by atoms with Gasteiger partial charge in [0.1, 0.15) is 5.75 Å². The average Bonchev–Trinajstić information content (AvgIpc) is 2.47. The van der Waals surface area contributed by atoms with Crippen molar-refractivity contribution in [1.82, 2.24) is 4.90 Å². The van der Waals surface area contributed by atoms with E-state index in [0.29, 0.717) is 0 Å². The van der Waals surface area contributed by atoms with Gasteiger partial charge in [-0.05, 0) is 69.3 Å². The number of hydrogen-bond acceptors (Lipinski definition) is 3. The van der Waals surface area contributed by atoms with Gasteiger partial charge in [0.2, 0.25) is 0 Å². The third-order valence-corrected chi connectivity index (χ3v) is 4.27. The monoisotopic (exact) mass is 277 g/mol. The molecule has 1 aliphatic heterocycles. The van der Waals surface area contributed by atoms with Gasteiger partial charge in [-0.25, -0.2) is 0 Å². The Hall–Kier alpha value is -1.06. The van der Waals surface area contributed by atoms with E-state index in [0.717, 1.165) is 24.6 Å². The lowest BCUT2D eigenvalue weighted by molar-refractivity contribution is 0.141. The van der Waals surface area contributed by atoms with Crippen molar-refractivity contribution < 1.29 is 9.84 Å². The van der Waals surface area contributed by atoms with Crippen molar-refractivity contribution in [2.24, 2.45) is 5.92 Å². The standard InChI is InChI=1S/C17H27NO2/c1-14(19)3-4-15-9-11-18(12-10-15)13-16-5-7-17(20-2)8-6-16/h5-8,14-15,19H,3-4,9-13H2,1-2H3. The molecule has 3 heteroatoms. The lowest BCUT2D eigenvalue weighted by atomic mass is 9.91. The van der Waals surface area contributed by atoms with Crippen molar-refractivity contribution in [2.45, 2.75) is 45.3 Å². The maximum Gasteiger partial charge on any atom is 0.118 e. The van der Waals surface area contributed by atoms with Gasteiger partial charge in [0.15, 0.2) is 0 Å². The second-order valence-electron chi connectivity index (χ2n) is 5.99. The summed E-state index contributed by atoms with van der Waals surface area (Å²) in [4.78, 5) is 2.53. The minimum Gasteiger partial charge on any atom is -0.497 e. The molecule has 112 valence electrons. The minimum atomic E-state index is -0.146. The summed E-state index contributed by atoms with van der Waals surface area (Å²) in [6.45, 7) is 5.28. The third kappa shape index (κ3) is 4.80. The van der Waals surface area contributed by atoms with Gasteiger partial charge in [-0.2, -0.15) is 0 Å². The maximum atomic E-state index is 9.35. The smallest absolute Gasteiger partial charge is 0.118 e. The first-order valence-corrected chi connectivity index (χ1v) is 7.70. The van der Waals surface area contributed by atoms with E-state index in [2.05, 4.69) is 17.0 Å². The van der Waals surface area contributed by atoms with E-state index >= 15 is 0 Å². The summed E-state index contributed by atoms with van der Waals surface area (Å²) >= 11 is 0. The molecule has 0 amide bonds. The summed E-state index contributed by atoms with van der Waals surface area (Å²) < 4.78 is 5.19. The molecule has 1 unspecified atom stereocenters. The van der Waals surface area contributed by atoms with Crippen LogP contribution in [-0.2, 0) is 6.54 Å². The first-order valence-electron chi connectivity index (χ1n) is 7.70. The van der Waals surface area contributed by atoms with Crippen molar-refractivity contribution >= 4 is 0 Å². The summed E-state index contributed by atoms with van der Waals surface area (Å²) in [5, 5.41) is 9.35. The number of piperidine rings is 1. The number of nitrogens with zero attached hydrogens (tertiary/aromatic N) is 1. The van der Waals surface area contributed by atoms with E-state index in [1.165, 1.54) is 37.9 Å². The van der Waals surface area contributed by atoms with Crippen LogP contribution in [0.1, 0.15) is 38.2 Å². The molecule has 0 saturated carbocycles. The van der Waals surface area contributed by atoms with E-state index in [1.54, 1.807) is 7.11 Å². The second-order valence-corrected chi connectivity index (χ2v) is 5.99. The maximum absolute atomic E-state index is 9.35. The lowest BCUT2D eigenvalue weighted by Gasteiger charge is -2.32. The van der Waals surface area contributed by atoms with Crippen LogP contribution in [0.4, 0.5) is 0 Å². The quantitative estimate of drug-likeness (QED) is 0.867. The van der Waals surface area contributed by atoms with Crippen molar-refractivity contribution in [3.63, 3.8) is 0 Å². The predicted octanol–water partition coefficient (Wildman–Crippen LogP) is 3.07. The van der Waals surface area contributed by atoms with Crippen molar-refractivity contribution in [3.05, 3.63) is 29.8 Å². The molecule has 1 fully saturated rings. The summed E-state index contributed by atoms with van der Waals surface area (Å²) in [6, 6.07) is 8.37. The molecule has 0 aliphatic carbocycles. The molecule has 1 aliphatic rings. The zero-order valence-electron chi connectivity index (χ0n) is 12.7. The molecular weight excluding hydrogens is 250 g/mol. The first kappa shape index (κ1) is 15.3. The van der Waals surface area contributed by atoms with Crippen LogP contribution in [0.3, 0.4) is 0 Å². The molecule has 20 heavy (non-hydrogen) atoms. The average molecular weight is 277 g/mol. The van der Waals surface area contributed by atoms with Crippen LogP contribution in [-0.4, -0.2) is 36.3 Å². The molecule has 2 rings (SSSR count). The number of aliphatic hydroxyl groups excluding tert-OH is 1. The fourth-order valence-electron chi connectivity index (χ4n) is 2.90. The number of ether oxygens (including phenoxy) is 1. The van der Waals surface area contributed by atoms with Crippen LogP contribution in [0.2, 0.25) is 0 Å². The predicted molar refractivity (Wildman–Crippen MR) is 81.9 cm³/mol. The number of methoxy groups -OCH3 is 1. The Bertz CT molecular complexity index is 380. The highest BCUT2D eigenvalue weighted by Crippen LogP contribution is 2.24. The zero-order chi connectivity index (χ0) is 14.4. The summed E-state index contributed by atoms with van der Waals surface area (Å²) in [5.41, 5.74) is 1.35. The Labute approximate surface area is 122 Å². The molecule has 1 N–H and O–H groups in total. The zero-order valence-corrected chi connectivity index (χ0v) is 12.7. The van der Waals surface area contributed by atoms with E-state index in [-0.39, 0.29) is 6.10 Å². The fourth-order valence-corrected chi connectivity index (χ4v) is 2.90. The fraction of sp³-hybridized carbons (Fsp3) is 0.647. The van der Waals surface area contributed by atoms with E-state index in [9.17, 15) is 5.11 Å². The van der Waals surface area contributed by atoms with Crippen LogP contribution in [0.5, 0.6) is 5.75 Å². The molecule has 1 heterocycles. The van der Waals surface area contributed by atoms with Crippen LogP contribution in [0.25, 0.3) is 0 Å². The highest BCUT2D eigenvalue weighted by molar-refractivity contribution is 5.27. The van der Waals surface area contributed by atoms with Gasteiger partial charge < -0.3 is 9.84 Å². The molecule has 0 aromatic heterocycles. The van der Waals surface area contributed by atoms with Gasteiger partial charge in [-0.15, -0.1) is 0 Å². The van der Waals surface area contributed by atoms with Gasteiger partial charge >= 0.3 is 0 Å². The largest absolute Gasteiger partial charge is 0.497 e. The Kier molecular flexibility index (Phi) is 5.86. The molecule has 1 saturated heterocycles. The van der Waals surface area contributed by atoms with Gasteiger partial charge in [0.05, 0.1) is 13.2 Å². The molecular formula is C17H27NO2. The number of benzene rings is 1. The van der Waals surface area contributed by atoms with Gasteiger partial charge in [-0.3, -0.25) is 4.90 Å². The summed E-state index contributed by atoms with van der Waals surface area (Å²) in [7, 11) is 1.70. The number of hydrogen-bond donors (Lipinski definition) is 1. The molecule has 0 spiro atoms. The van der Waals surface area contributed by atoms with Crippen LogP contribution in [0, 0.1) is 5.92 Å². The lowest BCUT2D eigenvalue weighted by Crippen LogP contribution is -2.33. The topological polar surface area (TPSA) is 32.7 Å². The summed E-state index contributed by atoms with van der Waals surface area (Å²) in [5.74, 6) is 1.72. The molecule has 1 aromatic carbocycles. The number of aliphatic hydroxyl groups is 1. The molecule has 1 atom stereocenters. The number of likely N-dealkylation sites (tertiary alicyclic amines) is 1. The van der Waals surface area contributed by atoms with Gasteiger partial charge in [0, 0.05) is 6.54 Å². The molecule has 1 aromatic rings.